The standard InChI is InChI=1S/C26H21F2N5O2S2/c1-32-11-10-31-25(32)21-14-18-24(37-21)20(7-9-30-18)35-26(28)8-6-17(13-22(26)27)33(15-36)19-5-3-2-4-16(19)12-23(29)34/h2-7,9-11,13-15H,8,12H2,1H3,(H2,29,34)/t26-/m1/s1. The summed E-state index contributed by atoms with van der Waals surface area (Å²) in [5.74, 6) is -3.43. The minimum absolute atomic E-state index is 0.0232. The predicted octanol–water partition coefficient (Wildman–Crippen LogP) is 5.37. The molecule has 0 radical (unpaired) electrons. The van der Waals surface area contributed by atoms with Gasteiger partial charge in [0.1, 0.15) is 11.6 Å². The molecule has 37 heavy (non-hydrogen) atoms. The fourth-order valence-corrected chi connectivity index (χ4v) is 5.45. The van der Waals surface area contributed by atoms with E-state index in [1.54, 1.807) is 30.5 Å². The minimum atomic E-state index is -2.72. The lowest BCUT2D eigenvalue weighted by atomic mass is 10.0. The van der Waals surface area contributed by atoms with E-state index in [2.05, 4.69) is 9.97 Å². The molecule has 0 bridgehead atoms. The molecule has 188 valence electrons. The number of hydrogen-bond acceptors (Lipinski definition) is 6. The van der Waals surface area contributed by atoms with Gasteiger partial charge in [0, 0.05) is 49.9 Å². The van der Waals surface area contributed by atoms with Crippen LogP contribution >= 0.6 is 23.6 Å². The fourth-order valence-electron chi connectivity index (χ4n) is 4.11. The number of ether oxygens (including phenoxy) is 1. The number of amides is 1. The number of para-hydroxylation sites is 1. The number of halogens is 2. The number of fused-ring (bicyclic) bond motifs is 1. The van der Waals surface area contributed by atoms with E-state index in [0.717, 1.165) is 16.8 Å². The van der Waals surface area contributed by atoms with E-state index in [1.807, 2.05) is 23.9 Å². The number of aromatic nitrogens is 3. The largest absolute Gasteiger partial charge is 0.450 e. The smallest absolute Gasteiger partial charge is 0.303 e. The summed E-state index contributed by atoms with van der Waals surface area (Å²) in [7, 11) is 1.87. The number of imidazole rings is 1. The molecule has 0 spiro atoms. The molecule has 0 aliphatic heterocycles. The van der Waals surface area contributed by atoms with Crippen LogP contribution in [0.4, 0.5) is 14.5 Å². The van der Waals surface area contributed by atoms with Gasteiger partial charge in [-0.15, -0.1) is 11.3 Å². The van der Waals surface area contributed by atoms with Crippen LogP contribution in [0.5, 0.6) is 5.75 Å². The van der Waals surface area contributed by atoms with Crippen LogP contribution in [0.15, 0.2) is 78.7 Å². The van der Waals surface area contributed by atoms with Crippen LogP contribution in [-0.4, -0.2) is 31.8 Å². The number of nitrogens with two attached hydrogens (primary N) is 1. The van der Waals surface area contributed by atoms with Gasteiger partial charge >= 0.3 is 5.85 Å². The lowest BCUT2D eigenvalue weighted by Gasteiger charge is -2.30. The zero-order chi connectivity index (χ0) is 26.2. The van der Waals surface area contributed by atoms with E-state index in [4.69, 9.17) is 22.7 Å². The van der Waals surface area contributed by atoms with Crippen molar-refractivity contribution in [1.82, 2.24) is 14.5 Å². The minimum Gasteiger partial charge on any atom is -0.450 e. The SMILES string of the molecule is Cn1ccnc1-c1cc2nccc(O[C@]3(F)CC=C(N(C=S)c4ccccc4CC(N)=O)C=C3F)c2s1. The van der Waals surface area contributed by atoms with Crippen molar-refractivity contribution in [2.75, 3.05) is 4.90 Å². The van der Waals surface area contributed by atoms with Gasteiger partial charge in [-0.3, -0.25) is 9.78 Å². The first-order chi connectivity index (χ1) is 17.8. The van der Waals surface area contributed by atoms with Crippen LogP contribution in [0.2, 0.25) is 0 Å². The lowest BCUT2D eigenvalue weighted by molar-refractivity contribution is -0.117. The highest BCUT2D eigenvalue weighted by atomic mass is 32.1. The third kappa shape index (κ3) is 4.75. The molecular formula is C26H21F2N5O2S2. The molecule has 7 nitrogen and oxygen atoms in total. The van der Waals surface area contributed by atoms with Crippen LogP contribution < -0.4 is 15.4 Å². The molecular weight excluding hydrogens is 516 g/mol. The Morgan fingerprint density at radius 2 is 2.14 bits per heavy atom. The molecule has 1 amide bonds. The van der Waals surface area contributed by atoms with Crippen LogP contribution in [0, 0.1) is 0 Å². The third-order valence-corrected chi connectivity index (χ3v) is 7.24. The number of anilines is 1. The number of carbonyl (C=O) groups excluding carboxylic acids is 1. The first kappa shape index (κ1) is 24.7. The second kappa shape index (κ2) is 9.83. The Labute approximate surface area is 220 Å². The van der Waals surface area contributed by atoms with Crippen molar-refractivity contribution >= 4 is 50.9 Å². The number of hydrogen-bond donors (Lipinski definition) is 1. The number of nitrogens with zero attached hydrogens (tertiary/aromatic N) is 4. The summed E-state index contributed by atoms with van der Waals surface area (Å²) in [5, 5.41) is 0. The number of benzene rings is 1. The molecule has 5 rings (SSSR count). The summed E-state index contributed by atoms with van der Waals surface area (Å²) in [6, 6.07) is 10.3. The highest BCUT2D eigenvalue weighted by Gasteiger charge is 2.41. The summed E-state index contributed by atoms with van der Waals surface area (Å²) in [6.07, 6.45) is 7.12. The van der Waals surface area contributed by atoms with Crippen LogP contribution in [0.1, 0.15) is 12.0 Å². The summed E-state index contributed by atoms with van der Waals surface area (Å²) < 4.78 is 39.3. The van der Waals surface area contributed by atoms with Gasteiger partial charge in [-0.05, 0) is 17.7 Å². The van der Waals surface area contributed by atoms with Gasteiger partial charge in [0.2, 0.25) is 5.91 Å². The molecule has 1 atom stereocenters. The van der Waals surface area contributed by atoms with Crippen molar-refractivity contribution in [2.24, 2.45) is 12.8 Å². The van der Waals surface area contributed by atoms with E-state index in [9.17, 15) is 4.79 Å². The van der Waals surface area contributed by atoms with E-state index in [1.165, 1.54) is 40.1 Å². The topological polar surface area (TPSA) is 86.3 Å². The zero-order valence-corrected chi connectivity index (χ0v) is 21.2. The van der Waals surface area contributed by atoms with Crippen molar-refractivity contribution < 1.29 is 18.3 Å². The Morgan fingerprint density at radius 1 is 1.32 bits per heavy atom. The zero-order valence-electron chi connectivity index (χ0n) is 19.6. The van der Waals surface area contributed by atoms with Crippen molar-refractivity contribution in [3.05, 3.63) is 84.2 Å². The van der Waals surface area contributed by atoms with Gasteiger partial charge in [0.15, 0.2) is 5.83 Å². The molecule has 1 aliphatic rings. The Bertz CT molecular complexity index is 1580. The number of allylic oxidation sites excluding steroid dienone is 1. The molecule has 0 saturated heterocycles. The maximum absolute atomic E-state index is 15.9. The molecule has 11 heteroatoms. The first-order valence-electron chi connectivity index (χ1n) is 11.2. The summed E-state index contributed by atoms with van der Waals surface area (Å²) >= 11 is 6.50. The molecule has 4 aromatic rings. The van der Waals surface area contributed by atoms with Gasteiger partial charge < -0.3 is 19.9 Å². The molecule has 0 saturated carbocycles. The van der Waals surface area contributed by atoms with Gasteiger partial charge in [-0.25, -0.2) is 9.37 Å². The number of alkyl halides is 1. The number of carbonyl (C=O) groups is 1. The molecule has 2 N–H and O–H groups in total. The number of aryl methyl sites for hydroxylation is 1. The normalized spacial score (nSPS) is 17.3. The van der Waals surface area contributed by atoms with Crippen molar-refractivity contribution in [3.8, 4) is 16.5 Å². The average Bonchev–Trinajstić information content (AvgIpc) is 3.49. The second-order valence-electron chi connectivity index (χ2n) is 8.40. The Morgan fingerprint density at radius 3 is 2.84 bits per heavy atom. The molecule has 3 heterocycles. The number of thiophene rings is 1. The lowest BCUT2D eigenvalue weighted by Crippen LogP contribution is -2.35. The highest BCUT2D eigenvalue weighted by Crippen LogP contribution is 2.42. The molecule has 0 unspecified atom stereocenters. The third-order valence-electron chi connectivity index (χ3n) is 5.89. The predicted molar refractivity (Wildman–Crippen MR) is 144 cm³/mol. The Hall–Kier alpha value is -3.96. The van der Waals surface area contributed by atoms with Gasteiger partial charge in [0.25, 0.3) is 0 Å². The molecule has 1 aliphatic carbocycles. The second-order valence-corrected chi connectivity index (χ2v) is 9.66. The summed E-state index contributed by atoms with van der Waals surface area (Å²) in [4.78, 5) is 22.5. The number of rotatable bonds is 8. The molecule has 3 aromatic heterocycles. The van der Waals surface area contributed by atoms with E-state index >= 15 is 8.78 Å². The summed E-state index contributed by atoms with van der Waals surface area (Å²) in [6.45, 7) is 0. The maximum atomic E-state index is 15.9. The van der Waals surface area contributed by atoms with Crippen LogP contribution in [0.25, 0.3) is 20.9 Å². The monoisotopic (exact) mass is 537 g/mol. The molecule has 1 aromatic carbocycles. The van der Waals surface area contributed by atoms with E-state index in [-0.39, 0.29) is 12.2 Å². The van der Waals surface area contributed by atoms with Gasteiger partial charge in [0.05, 0.1) is 32.7 Å². The van der Waals surface area contributed by atoms with E-state index in [0.29, 0.717) is 27.2 Å². The Kier molecular flexibility index (Phi) is 6.57. The quantitative estimate of drug-likeness (QED) is 0.304. The van der Waals surface area contributed by atoms with Crippen LogP contribution in [0.3, 0.4) is 0 Å². The fraction of sp³-hybridized carbons (Fsp3) is 0.154. The maximum Gasteiger partial charge on any atom is 0.303 e. The van der Waals surface area contributed by atoms with Gasteiger partial charge in [-0.2, -0.15) is 4.39 Å². The number of pyridine rings is 1. The Balaban J connectivity index is 1.43. The summed E-state index contributed by atoms with van der Waals surface area (Å²) in [5.41, 5.74) is 8.74. The van der Waals surface area contributed by atoms with Crippen LogP contribution in [-0.2, 0) is 18.3 Å². The first-order valence-corrected chi connectivity index (χ1v) is 12.5. The van der Waals surface area contributed by atoms with Gasteiger partial charge in [-0.1, -0.05) is 36.5 Å². The van der Waals surface area contributed by atoms with E-state index < -0.39 is 24.0 Å². The highest BCUT2D eigenvalue weighted by molar-refractivity contribution is 7.79. The number of thiocarbonyl (C=S) groups is 1. The van der Waals surface area contributed by atoms with Crippen molar-refractivity contribution in [2.45, 2.75) is 18.7 Å². The molecule has 0 fully saturated rings. The van der Waals surface area contributed by atoms with Crippen molar-refractivity contribution in [3.63, 3.8) is 0 Å². The number of primary amides is 1. The van der Waals surface area contributed by atoms with Crippen molar-refractivity contribution in [1.29, 1.82) is 0 Å². The average molecular weight is 538 g/mol.